The van der Waals surface area contributed by atoms with Gasteiger partial charge in [0.2, 0.25) is 0 Å². The van der Waals surface area contributed by atoms with Gasteiger partial charge in [0, 0.05) is 16.4 Å². The Labute approximate surface area is 158 Å². The summed E-state index contributed by atoms with van der Waals surface area (Å²) in [6, 6.07) is 13.1. The molecule has 0 spiro atoms. The van der Waals surface area contributed by atoms with Gasteiger partial charge in [0.25, 0.3) is 0 Å². The number of carbonyl (C=O) groups excluding carboxylic acids is 1. The number of esters is 1. The molecule has 0 saturated carbocycles. The highest BCUT2D eigenvalue weighted by atomic mass is 79.9. The molecule has 0 N–H and O–H groups in total. The molecule has 3 aromatic rings. The standard InChI is InChI=1S/C18H14BrCl2NO2/c1-2-24-18(23)16-9-12-4-3-5-13(19)17(12)22(16)10-11-6-7-14(20)15(21)8-11/h3-9H,2,10H2,1H3. The predicted molar refractivity (Wildman–Crippen MR) is 101 cm³/mol. The molecule has 24 heavy (non-hydrogen) atoms. The van der Waals surface area contributed by atoms with E-state index in [-0.39, 0.29) is 5.97 Å². The Morgan fingerprint density at radius 2 is 1.96 bits per heavy atom. The van der Waals surface area contributed by atoms with E-state index in [2.05, 4.69) is 15.9 Å². The summed E-state index contributed by atoms with van der Waals surface area (Å²) in [5, 5.41) is 1.96. The second-order valence-electron chi connectivity index (χ2n) is 5.26. The van der Waals surface area contributed by atoms with Crippen molar-refractivity contribution in [2.75, 3.05) is 6.61 Å². The second kappa shape index (κ2) is 7.18. The van der Waals surface area contributed by atoms with Crippen LogP contribution in [-0.4, -0.2) is 17.1 Å². The van der Waals surface area contributed by atoms with Gasteiger partial charge in [-0.3, -0.25) is 0 Å². The quantitative estimate of drug-likeness (QED) is 0.483. The van der Waals surface area contributed by atoms with Crippen molar-refractivity contribution >= 4 is 56.0 Å². The van der Waals surface area contributed by atoms with Crippen molar-refractivity contribution < 1.29 is 9.53 Å². The first kappa shape index (κ1) is 17.3. The van der Waals surface area contributed by atoms with Gasteiger partial charge >= 0.3 is 5.97 Å². The van der Waals surface area contributed by atoms with Gasteiger partial charge in [-0.1, -0.05) is 41.4 Å². The normalized spacial score (nSPS) is 11.0. The molecular formula is C18H14BrCl2NO2. The lowest BCUT2D eigenvalue weighted by molar-refractivity contribution is 0.0515. The first-order chi connectivity index (χ1) is 11.5. The van der Waals surface area contributed by atoms with E-state index < -0.39 is 0 Å². The highest BCUT2D eigenvalue weighted by Crippen LogP contribution is 2.30. The summed E-state index contributed by atoms with van der Waals surface area (Å²) in [5.74, 6) is -0.347. The fraction of sp³-hybridized carbons (Fsp3) is 0.167. The van der Waals surface area contributed by atoms with Crippen LogP contribution in [0.1, 0.15) is 23.0 Å². The molecular weight excluding hydrogens is 413 g/mol. The molecule has 0 aliphatic carbocycles. The van der Waals surface area contributed by atoms with Gasteiger partial charge in [0.05, 0.1) is 22.2 Å². The summed E-state index contributed by atoms with van der Waals surface area (Å²) in [6.45, 7) is 2.60. The molecule has 6 heteroatoms. The zero-order chi connectivity index (χ0) is 17.3. The van der Waals surface area contributed by atoms with Crippen LogP contribution in [0.5, 0.6) is 0 Å². The summed E-state index contributed by atoms with van der Waals surface area (Å²) in [6.07, 6.45) is 0. The number of hydrogen-bond donors (Lipinski definition) is 0. The van der Waals surface area contributed by atoms with Gasteiger partial charge in [-0.25, -0.2) is 4.79 Å². The molecule has 3 rings (SSSR count). The van der Waals surface area contributed by atoms with E-state index >= 15 is 0 Å². The first-order valence-electron chi connectivity index (χ1n) is 7.40. The molecule has 1 heterocycles. The average molecular weight is 427 g/mol. The third-order valence-electron chi connectivity index (χ3n) is 3.68. The minimum absolute atomic E-state index is 0.328. The first-order valence-corrected chi connectivity index (χ1v) is 8.95. The molecule has 3 nitrogen and oxygen atoms in total. The summed E-state index contributed by atoms with van der Waals surface area (Å²) < 4.78 is 8.04. The Balaban J connectivity index is 2.14. The molecule has 0 unspecified atom stereocenters. The molecule has 0 amide bonds. The van der Waals surface area contributed by atoms with Gasteiger partial charge in [0.15, 0.2) is 0 Å². The molecule has 0 aliphatic rings. The number of benzene rings is 2. The number of fused-ring (bicyclic) bond motifs is 1. The number of halogens is 3. The smallest absolute Gasteiger partial charge is 0.354 e. The number of nitrogens with zero attached hydrogens (tertiary/aromatic N) is 1. The Morgan fingerprint density at radius 1 is 1.17 bits per heavy atom. The van der Waals surface area contributed by atoms with Crippen molar-refractivity contribution in [3.05, 3.63) is 68.2 Å². The van der Waals surface area contributed by atoms with Crippen LogP contribution in [0.2, 0.25) is 10.0 Å². The van der Waals surface area contributed by atoms with E-state index in [4.69, 9.17) is 27.9 Å². The summed E-state index contributed by atoms with van der Waals surface area (Å²) >= 11 is 15.7. The Kier molecular flexibility index (Phi) is 5.18. The Bertz CT molecular complexity index is 921. The lowest BCUT2D eigenvalue weighted by atomic mass is 10.2. The molecule has 0 radical (unpaired) electrons. The number of aromatic nitrogens is 1. The average Bonchev–Trinajstić information content (AvgIpc) is 2.91. The van der Waals surface area contributed by atoms with Crippen molar-refractivity contribution in [2.24, 2.45) is 0 Å². The van der Waals surface area contributed by atoms with Crippen LogP contribution in [-0.2, 0) is 11.3 Å². The zero-order valence-electron chi connectivity index (χ0n) is 12.9. The molecule has 0 fully saturated rings. The van der Waals surface area contributed by atoms with E-state index in [1.165, 1.54) is 0 Å². The molecule has 0 atom stereocenters. The summed E-state index contributed by atoms with van der Waals surface area (Å²) in [4.78, 5) is 12.4. The van der Waals surface area contributed by atoms with Crippen molar-refractivity contribution in [1.82, 2.24) is 4.57 Å². The molecule has 124 valence electrons. The molecule has 2 aromatic carbocycles. The van der Waals surface area contributed by atoms with Gasteiger partial charge in [-0.05, 0) is 52.7 Å². The molecule has 0 saturated heterocycles. The third-order valence-corrected chi connectivity index (χ3v) is 5.06. The summed E-state index contributed by atoms with van der Waals surface area (Å²) in [5.41, 5.74) is 2.39. The van der Waals surface area contributed by atoms with E-state index in [9.17, 15) is 4.79 Å². The highest BCUT2D eigenvalue weighted by molar-refractivity contribution is 9.10. The van der Waals surface area contributed by atoms with Crippen molar-refractivity contribution in [1.29, 1.82) is 0 Å². The van der Waals surface area contributed by atoms with Crippen LogP contribution in [0.25, 0.3) is 10.9 Å². The van der Waals surface area contributed by atoms with Crippen molar-refractivity contribution in [3.8, 4) is 0 Å². The van der Waals surface area contributed by atoms with Crippen LogP contribution < -0.4 is 0 Å². The molecule has 0 bridgehead atoms. The largest absolute Gasteiger partial charge is 0.461 e. The lowest BCUT2D eigenvalue weighted by Crippen LogP contribution is -2.13. The van der Waals surface area contributed by atoms with E-state index in [0.717, 1.165) is 20.9 Å². The number of ether oxygens (including phenoxy) is 1. The molecule has 1 aromatic heterocycles. The van der Waals surface area contributed by atoms with Gasteiger partial charge in [0.1, 0.15) is 5.69 Å². The summed E-state index contributed by atoms with van der Waals surface area (Å²) in [7, 11) is 0. The van der Waals surface area contributed by atoms with E-state index in [1.54, 1.807) is 13.0 Å². The minimum Gasteiger partial charge on any atom is -0.461 e. The zero-order valence-corrected chi connectivity index (χ0v) is 16.0. The van der Waals surface area contributed by atoms with Gasteiger partial charge in [-0.15, -0.1) is 0 Å². The van der Waals surface area contributed by atoms with Crippen molar-refractivity contribution in [2.45, 2.75) is 13.5 Å². The van der Waals surface area contributed by atoms with Gasteiger partial charge < -0.3 is 9.30 Å². The number of carbonyl (C=O) groups is 1. The number of para-hydroxylation sites is 1. The van der Waals surface area contributed by atoms with E-state index in [1.807, 2.05) is 41.0 Å². The lowest BCUT2D eigenvalue weighted by Gasteiger charge is -2.12. The van der Waals surface area contributed by atoms with Crippen LogP contribution in [0.15, 0.2) is 46.9 Å². The van der Waals surface area contributed by atoms with Gasteiger partial charge in [-0.2, -0.15) is 0 Å². The van der Waals surface area contributed by atoms with E-state index in [0.29, 0.717) is 28.9 Å². The Morgan fingerprint density at radius 3 is 2.67 bits per heavy atom. The minimum atomic E-state index is -0.347. The number of rotatable bonds is 4. The number of hydrogen-bond acceptors (Lipinski definition) is 2. The van der Waals surface area contributed by atoms with Crippen LogP contribution in [0.4, 0.5) is 0 Å². The fourth-order valence-corrected chi connectivity index (χ4v) is 3.55. The second-order valence-corrected chi connectivity index (χ2v) is 6.93. The monoisotopic (exact) mass is 425 g/mol. The topological polar surface area (TPSA) is 31.2 Å². The maximum Gasteiger partial charge on any atom is 0.354 e. The fourth-order valence-electron chi connectivity index (χ4n) is 2.64. The van der Waals surface area contributed by atoms with Crippen LogP contribution in [0, 0.1) is 0 Å². The van der Waals surface area contributed by atoms with Crippen molar-refractivity contribution in [3.63, 3.8) is 0 Å². The Hall–Kier alpha value is -1.49. The highest BCUT2D eigenvalue weighted by Gasteiger charge is 2.18. The van der Waals surface area contributed by atoms with Crippen LogP contribution >= 0.6 is 39.1 Å². The maximum atomic E-state index is 12.4. The molecule has 0 aliphatic heterocycles. The van der Waals surface area contributed by atoms with Crippen LogP contribution in [0.3, 0.4) is 0 Å². The third kappa shape index (κ3) is 3.32. The predicted octanol–water partition coefficient (Wildman–Crippen LogP) is 5.94. The maximum absolute atomic E-state index is 12.4. The SMILES string of the molecule is CCOC(=O)c1cc2cccc(Br)c2n1Cc1ccc(Cl)c(Cl)c1.